The zero-order valence-electron chi connectivity index (χ0n) is 11.0. The van der Waals surface area contributed by atoms with Gasteiger partial charge in [-0.1, -0.05) is 39.5 Å². The highest BCUT2D eigenvalue weighted by Gasteiger charge is 2.22. The van der Waals surface area contributed by atoms with E-state index in [0.29, 0.717) is 0 Å². The van der Waals surface area contributed by atoms with Gasteiger partial charge >= 0.3 is 0 Å². The summed E-state index contributed by atoms with van der Waals surface area (Å²) >= 11 is 0. The Morgan fingerprint density at radius 3 is 2.47 bits per heavy atom. The van der Waals surface area contributed by atoms with Gasteiger partial charge in [-0.2, -0.15) is 0 Å². The molecule has 0 aromatic carbocycles. The minimum atomic E-state index is -1.48. The van der Waals surface area contributed by atoms with E-state index in [1.165, 1.54) is 25.3 Å². The Morgan fingerprint density at radius 2 is 1.93 bits per heavy atom. The van der Waals surface area contributed by atoms with Crippen molar-refractivity contribution in [2.75, 3.05) is 0 Å². The fraction of sp³-hybridized carbons (Fsp3) is 0.846. The van der Waals surface area contributed by atoms with Gasteiger partial charge in [-0.15, -0.1) is 0 Å². The molecule has 0 heterocycles. The Balaban J connectivity index is 3.71. The molecule has 0 bridgehead atoms. The third kappa shape index (κ3) is 9.87. The number of hydrogen-bond acceptors (Lipinski definition) is 1. The van der Waals surface area contributed by atoms with Crippen LogP contribution in [0, 0.1) is 17.9 Å². The van der Waals surface area contributed by atoms with Crippen molar-refractivity contribution in [3.8, 4) is 12.0 Å². The summed E-state index contributed by atoms with van der Waals surface area (Å²) in [6.07, 6.45) is 7.57. The van der Waals surface area contributed by atoms with Gasteiger partial charge in [-0.05, 0) is 31.5 Å². The van der Waals surface area contributed by atoms with Crippen molar-refractivity contribution >= 4 is 8.32 Å². The van der Waals surface area contributed by atoms with Crippen LogP contribution in [-0.4, -0.2) is 8.32 Å². The molecule has 0 spiro atoms. The summed E-state index contributed by atoms with van der Waals surface area (Å²) in [5.41, 5.74) is 0. The minimum Gasteiger partial charge on any atom is -0.501 e. The van der Waals surface area contributed by atoms with Gasteiger partial charge in [0.2, 0.25) is 0 Å². The molecule has 0 aromatic rings. The minimum absolute atomic E-state index is 0.740. The largest absolute Gasteiger partial charge is 0.501 e. The lowest BCUT2D eigenvalue weighted by molar-refractivity contribution is 0.503. The second-order valence-corrected chi connectivity index (χ2v) is 9.40. The maximum atomic E-state index is 5.69. The molecule has 2 heteroatoms. The molecule has 0 amide bonds. The predicted octanol–water partition coefficient (Wildman–Crippen LogP) is 4.41. The second kappa shape index (κ2) is 7.82. The molecule has 0 aliphatic rings. The van der Waals surface area contributed by atoms with Crippen LogP contribution < -0.4 is 0 Å². The lowest BCUT2D eigenvalue weighted by Gasteiger charge is -2.18. The summed E-state index contributed by atoms with van der Waals surface area (Å²) in [6.45, 7) is 11.2. The molecule has 0 saturated carbocycles. The highest BCUT2D eigenvalue weighted by atomic mass is 28.4. The van der Waals surface area contributed by atoms with Gasteiger partial charge < -0.3 is 4.43 Å². The topological polar surface area (TPSA) is 9.23 Å². The molecule has 0 aliphatic heterocycles. The first-order valence-electron chi connectivity index (χ1n) is 6.14. The molecule has 0 aliphatic carbocycles. The third-order valence-corrected chi connectivity index (χ3v) is 4.59. The zero-order chi connectivity index (χ0) is 11.7. The summed E-state index contributed by atoms with van der Waals surface area (Å²) in [5.74, 6) is 3.85. The van der Waals surface area contributed by atoms with Crippen LogP contribution in [0.1, 0.15) is 46.5 Å². The molecule has 88 valence electrons. The van der Waals surface area contributed by atoms with E-state index in [9.17, 15) is 0 Å². The highest BCUT2D eigenvalue weighted by Crippen LogP contribution is 2.14. The summed E-state index contributed by atoms with van der Waals surface area (Å²) in [4.78, 5) is 0. The fourth-order valence-corrected chi connectivity index (χ4v) is 2.90. The van der Waals surface area contributed by atoms with Gasteiger partial charge in [0.1, 0.15) is 0 Å². The lowest BCUT2D eigenvalue weighted by Crippen LogP contribution is -2.27. The third-order valence-electron chi connectivity index (χ3n) is 2.38. The van der Waals surface area contributed by atoms with Crippen molar-refractivity contribution in [1.82, 2.24) is 0 Å². The zero-order valence-corrected chi connectivity index (χ0v) is 12.0. The first-order valence-corrected chi connectivity index (χ1v) is 9.25. The molecular weight excluding hydrogens is 200 g/mol. The quantitative estimate of drug-likeness (QED) is 0.481. The van der Waals surface area contributed by atoms with Crippen LogP contribution in [0.2, 0.25) is 19.1 Å². The van der Waals surface area contributed by atoms with Crippen LogP contribution in [-0.2, 0) is 4.43 Å². The molecule has 0 radical (unpaired) electrons. The normalized spacial score (nSPS) is 11.1. The van der Waals surface area contributed by atoms with Crippen molar-refractivity contribution < 1.29 is 4.43 Å². The van der Waals surface area contributed by atoms with Crippen LogP contribution in [0.3, 0.4) is 0 Å². The number of hydrogen-bond donors (Lipinski definition) is 0. The van der Waals surface area contributed by atoms with Crippen LogP contribution in [0.5, 0.6) is 0 Å². The Morgan fingerprint density at radius 1 is 1.27 bits per heavy atom. The van der Waals surface area contributed by atoms with E-state index < -0.39 is 8.32 Å². The average Bonchev–Trinajstić information content (AvgIpc) is 2.14. The summed E-state index contributed by atoms with van der Waals surface area (Å²) in [6, 6.07) is 1.22. The van der Waals surface area contributed by atoms with Crippen LogP contribution in [0.4, 0.5) is 0 Å². The Kier molecular flexibility index (Phi) is 7.59. The summed E-state index contributed by atoms with van der Waals surface area (Å²) in [7, 11) is -1.48. The van der Waals surface area contributed by atoms with Crippen LogP contribution >= 0.6 is 0 Å². The molecule has 0 N–H and O–H groups in total. The molecule has 0 aromatic heterocycles. The fourth-order valence-electron chi connectivity index (χ4n) is 1.24. The van der Waals surface area contributed by atoms with E-state index >= 15 is 0 Å². The maximum absolute atomic E-state index is 5.69. The smallest absolute Gasteiger partial charge is 0.258 e. The lowest BCUT2D eigenvalue weighted by atomic mass is 10.1. The van der Waals surface area contributed by atoms with Crippen molar-refractivity contribution in [1.29, 1.82) is 0 Å². The van der Waals surface area contributed by atoms with Crippen LogP contribution in [0.15, 0.2) is 0 Å². The molecule has 0 rings (SSSR count). The van der Waals surface area contributed by atoms with Gasteiger partial charge in [0.25, 0.3) is 8.32 Å². The standard InChI is InChI=1S/C13H26OSi/c1-6-7-12-15(4,5)14-11-9-8-10-13(2)3/h13H,6-8,10,12H2,1-5H3. The Bertz CT molecular complexity index is 210. The molecule has 0 fully saturated rings. The summed E-state index contributed by atoms with van der Waals surface area (Å²) < 4.78 is 5.69. The van der Waals surface area contributed by atoms with Gasteiger partial charge in [-0.3, -0.25) is 0 Å². The monoisotopic (exact) mass is 226 g/mol. The average molecular weight is 226 g/mol. The van der Waals surface area contributed by atoms with Gasteiger partial charge in [0.05, 0.1) is 6.11 Å². The van der Waals surface area contributed by atoms with Crippen molar-refractivity contribution in [3.63, 3.8) is 0 Å². The van der Waals surface area contributed by atoms with Crippen molar-refractivity contribution in [3.05, 3.63) is 0 Å². The molecule has 0 atom stereocenters. The molecular formula is C13H26OSi. The first kappa shape index (κ1) is 14.6. The van der Waals surface area contributed by atoms with Gasteiger partial charge in [0.15, 0.2) is 0 Å². The predicted molar refractivity (Wildman–Crippen MR) is 70.1 cm³/mol. The number of rotatable bonds is 6. The molecule has 15 heavy (non-hydrogen) atoms. The number of unbranched alkanes of at least 4 members (excludes halogenated alkanes) is 1. The van der Waals surface area contributed by atoms with E-state index in [4.69, 9.17) is 4.43 Å². The van der Waals surface area contributed by atoms with Crippen LogP contribution in [0.25, 0.3) is 0 Å². The first-order chi connectivity index (χ1) is 6.98. The Hall–Kier alpha value is -0.423. The highest BCUT2D eigenvalue weighted by molar-refractivity contribution is 6.71. The van der Waals surface area contributed by atoms with Crippen molar-refractivity contribution in [2.45, 2.75) is 65.6 Å². The van der Waals surface area contributed by atoms with E-state index in [2.05, 4.69) is 45.9 Å². The van der Waals surface area contributed by atoms with E-state index in [0.717, 1.165) is 12.3 Å². The van der Waals surface area contributed by atoms with Gasteiger partial charge in [-0.25, -0.2) is 0 Å². The van der Waals surface area contributed by atoms with E-state index in [1.54, 1.807) is 0 Å². The Labute approximate surface area is 96.7 Å². The molecule has 1 nitrogen and oxygen atoms in total. The maximum Gasteiger partial charge on any atom is 0.258 e. The van der Waals surface area contributed by atoms with E-state index in [-0.39, 0.29) is 0 Å². The van der Waals surface area contributed by atoms with Crippen molar-refractivity contribution in [2.24, 2.45) is 5.92 Å². The SMILES string of the molecule is CCCC[Si](C)(C)OC#CCCC(C)C. The molecule has 0 saturated heterocycles. The molecule has 0 unspecified atom stereocenters. The second-order valence-electron chi connectivity index (χ2n) is 5.18. The van der Waals surface area contributed by atoms with E-state index in [1.807, 2.05) is 0 Å². The summed E-state index contributed by atoms with van der Waals surface area (Å²) in [5, 5.41) is 0. The van der Waals surface area contributed by atoms with Gasteiger partial charge in [0, 0.05) is 6.42 Å².